The minimum absolute atomic E-state index is 0.0173. The molecule has 0 fully saturated rings. The minimum Gasteiger partial charge on any atom is -0.343 e. The average molecular weight is 266 g/mol. The van der Waals surface area contributed by atoms with Crippen LogP contribution in [0.3, 0.4) is 0 Å². The summed E-state index contributed by atoms with van der Waals surface area (Å²) in [6.07, 6.45) is 2.68. The Hall–Kier alpha value is -2.38. The fraction of sp³-hybridized carbons (Fsp3) is 0.250. The molecule has 0 spiro atoms. The van der Waals surface area contributed by atoms with Crippen molar-refractivity contribution < 1.29 is 0 Å². The lowest BCUT2D eigenvalue weighted by molar-refractivity contribution is 0.675. The summed E-state index contributed by atoms with van der Waals surface area (Å²) in [6.45, 7) is 2.04. The van der Waals surface area contributed by atoms with Gasteiger partial charge in [-0.05, 0) is 36.8 Å². The molecule has 0 aliphatic rings. The normalized spacial score (nSPS) is 11.7. The van der Waals surface area contributed by atoms with Crippen LogP contribution in [0, 0.1) is 11.3 Å². The summed E-state index contributed by atoms with van der Waals surface area (Å²) >= 11 is 0. The van der Waals surface area contributed by atoms with Gasteiger partial charge in [-0.15, -0.1) is 0 Å². The fourth-order valence-electron chi connectivity index (χ4n) is 1.96. The SMILES string of the molecule is CCC(N)c1ccc(N(C)c2cccc(C#N)c2)cn1. The predicted molar refractivity (Wildman–Crippen MR) is 80.7 cm³/mol. The number of anilines is 2. The van der Waals surface area contributed by atoms with E-state index in [0.717, 1.165) is 23.5 Å². The molecule has 20 heavy (non-hydrogen) atoms. The van der Waals surface area contributed by atoms with Gasteiger partial charge in [-0.3, -0.25) is 4.98 Å². The van der Waals surface area contributed by atoms with Crippen LogP contribution >= 0.6 is 0 Å². The second kappa shape index (κ2) is 6.18. The summed E-state index contributed by atoms with van der Waals surface area (Å²) in [4.78, 5) is 6.40. The number of pyridine rings is 1. The lowest BCUT2D eigenvalue weighted by Gasteiger charge is -2.20. The Morgan fingerprint density at radius 3 is 2.70 bits per heavy atom. The van der Waals surface area contributed by atoms with Crippen molar-refractivity contribution >= 4 is 11.4 Å². The van der Waals surface area contributed by atoms with Crippen LogP contribution in [0.1, 0.15) is 30.6 Å². The molecule has 2 N–H and O–H groups in total. The van der Waals surface area contributed by atoms with Crippen molar-refractivity contribution in [2.75, 3.05) is 11.9 Å². The zero-order valence-corrected chi connectivity index (χ0v) is 11.7. The summed E-state index contributed by atoms with van der Waals surface area (Å²) < 4.78 is 0. The van der Waals surface area contributed by atoms with E-state index in [-0.39, 0.29) is 6.04 Å². The number of rotatable bonds is 4. The number of nitrogens with zero attached hydrogens (tertiary/aromatic N) is 3. The molecule has 1 aromatic carbocycles. The Bertz CT molecular complexity index is 613. The van der Waals surface area contributed by atoms with Gasteiger partial charge in [0.25, 0.3) is 0 Å². The van der Waals surface area contributed by atoms with Crippen LogP contribution in [0.25, 0.3) is 0 Å². The first kappa shape index (κ1) is 14.0. The van der Waals surface area contributed by atoms with E-state index in [1.807, 2.05) is 55.4 Å². The highest BCUT2D eigenvalue weighted by Gasteiger charge is 2.08. The number of aromatic nitrogens is 1. The molecule has 1 heterocycles. The molecule has 2 rings (SSSR count). The van der Waals surface area contributed by atoms with Crippen molar-refractivity contribution in [2.45, 2.75) is 19.4 Å². The van der Waals surface area contributed by atoms with Crippen LogP contribution in [-0.2, 0) is 0 Å². The van der Waals surface area contributed by atoms with Crippen molar-refractivity contribution in [2.24, 2.45) is 5.73 Å². The van der Waals surface area contributed by atoms with E-state index >= 15 is 0 Å². The Morgan fingerprint density at radius 1 is 1.30 bits per heavy atom. The molecule has 0 aliphatic heterocycles. The number of hydrogen-bond donors (Lipinski definition) is 1. The Morgan fingerprint density at radius 2 is 2.10 bits per heavy atom. The van der Waals surface area contributed by atoms with Crippen LogP contribution in [0.4, 0.5) is 11.4 Å². The lowest BCUT2D eigenvalue weighted by atomic mass is 10.1. The lowest BCUT2D eigenvalue weighted by Crippen LogP contribution is -2.13. The van der Waals surface area contributed by atoms with Crippen LogP contribution in [-0.4, -0.2) is 12.0 Å². The molecule has 0 saturated heterocycles. The Balaban J connectivity index is 2.24. The van der Waals surface area contributed by atoms with E-state index < -0.39 is 0 Å². The van der Waals surface area contributed by atoms with Crippen molar-refractivity contribution in [1.29, 1.82) is 5.26 Å². The summed E-state index contributed by atoms with van der Waals surface area (Å²) in [5, 5.41) is 8.94. The van der Waals surface area contributed by atoms with E-state index in [9.17, 15) is 0 Å². The molecule has 0 radical (unpaired) electrons. The number of nitrogens with two attached hydrogens (primary N) is 1. The maximum atomic E-state index is 8.94. The van der Waals surface area contributed by atoms with Gasteiger partial charge in [0.1, 0.15) is 0 Å². The first-order chi connectivity index (χ1) is 9.65. The zero-order chi connectivity index (χ0) is 14.5. The molecule has 4 heteroatoms. The van der Waals surface area contributed by atoms with Crippen LogP contribution in [0.15, 0.2) is 42.6 Å². The molecule has 0 aliphatic carbocycles. The van der Waals surface area contributed by atoms with Gasteiger partial charge >= 0.3 is 0 Å². The summed E-state index contributed by atoms with van der Waals surface area (Å²) in [6, 6.07) is 13.6. The third-order valence-corrected chi connectivity index (χ3v) is 3.34. The smallest absolute Gasteiger partial charge is 0.0992 e. The van der Waals surface area contributed by atoms with E-state index in [0.29, 0.717) is 5.56 Å². The third-order valence-electron chi connectivity index (χ3n) is 3.34. The topological polar surface area (TPSA) is 65.9 Å². The second-order valence-electron chi connectivity index (χ2n) is 4.68. The molecule has 4 nitrogen and oxygen atoms in total. The van der Waals surface area contributed by atoms with Gasteiger partial charge in [0.05, 0.1) is 29.2 Å². The monoisotopic (exact) mass is 266 g/mol. The van der Waals surface area contributed by atoms with Crippen LogP contribution in [0.5, 0.6) is 0 Å². The molecule has 2 aromatic rings. The standard InChI is InChI=1S/C16H18N4/c1-3-15(18)16-8-7-14(11-19-16)20(2)13-6-4-5-12(9-13)10-17/h4-9,11,15H,3,18H2,1-2H3. The van der Waals surface area contributed by atoms with E-state index in [2.05, 4.69) is 11.1 Å². The highest BCUT2D eigenvalue weighted by atomic mass is 15.1. The van der Waals surface area contributed by atoms with Crippen molar-refractivity contribution in [1.82, 2.24) is 4.98 Å². The van der Waals surface area contributed by atoms with E-state index in [4.69, 9.17) is 11.0 Å². The van der Waals surface area contributed by atoms with E-state index in [1.165, 1.54) is 0 Å². The largest absolute Gasteiger partial charge is 0.343 e. The summed E-state index contributed by atoms with van der Waals surface area (Å²) in [7, 11) is 1.95. The van der Waals surface area contributed by atoms with Gasteiger partial charge in [0.2, 0.25) is 0 Å². The zero-order valence-electron chi connectivity index (χ0n) is 11.7. The molecule has 1 aromatic heterocycles. The van der Waals surface area contributed by atoms with Gasteiger partial charge in [-0.1, -0.05) is 13.0 Å². The molecule has 1 unspecified atom stereocenters. The van der Waals surface area contributed by atoms with Crippen molar-refractivity contribution in [3.63, 3.8) is 0 Å². The van der Waals surface area contributed by atoms with Crippen LogP contribution in [0.2, 0.25) is 0 Å². The molecule has 0 saturated carbocycles. The first-order valence-corrected chi connectivity index (χ1v) is 6.61. The maximum Gasteiger partial charge on any atom is 0.0992 e. The predicted octanol–water partition coefficient (Wildman–Crippen LogP) is 3.13. The Kier molecular flexibility index (Phi) is 4.34. The Labute approximate surface area is 119 Å². The molecule has 0 bridgehead atoms. The molecular formula is C16H18N4. The van der Waals surface area contributed by atoms with Gasteiger partial charge in [0, 0.05) is 18.8 Å². The van der Waals surface area contributed by atoms with Crippen LogP contribution < -0.4 is 10.6 Å². The number of benzene rings is 1. The third kappa shape index (κ3) is 2.95. The fourth-order valence-corrected chi connectivity index (χ4v) is 1.96. The van der Waals surface area contributed by atoms with Gasteiger partial charge in [-0.25, -0.2) is 0 Å². The summed E-state index contributed by atoms with van der Waals surface area (Å²) in [5.74, 6) is 0. The quantitative estimate of drug-likeness (QED) is 0.923. The highest BCUT2D eigenvalue weighted by molar-refractivity contribution is 5.63. The molecule has 0 amide bonds. The molecular weight excluding hydrogens is 248 g/mol. The summed E-state index contributed by atoms with van der Waals surface area (Å²) in [5.41, 5.74) is 9.42. The maximum absolute atomic E-state index is 8.94. The highest BCUT2D eigenvalue weighted by Crippen LogP contribution is 2.24. The molecule has 102 valence electrons. The van der Waals surface area contributed by atoms with E-state index in [1.54, 1.807) is 6.07 Å². The van der Waals surface area contributed by atoms with Crippen molar-refractivity contribution in [3.05, 3.63) is 53.9 Å². The average Bonchev–Trinajstić information content (AvgIpc) is 2.53. The number of hydrogen-bond acceptors (Lipinski definition) is 4. The second-order valence-corrected chi connectivity index (χ2v) is 4.68. The minimum atomic E-state index is -0.0173. The van der Waals surface area contributed by atoms with Gasteiger partial charge in [0.15, 0.2) is 0 Å². The van der Waals surface area contributed by atoms with Gasteiger partial charge in [-0.2, -0.15) is 5.26 Å². The molecule has 1 atom stereocenters. The van der Waals surface area contributed by atoms with Gasteiger partial charge < -0.3 is 10.6 Å². The first-order valence-electron chi connectivity index (χ1n) is 6.61. The van der Waals surface area contributed by atoms with Crippen molar-refractivity contribution in [3.8, 4) is 6.07 Å². The number of nitriles is 1.